The molecule has 2 nitrogen and oxygen atoms in total. The van der Waals surface area contributed by atoms with Crippen molar-refractivity contribution in [1.82, 2.24) is 0 Å². The van der Waals surface area contributed by atoms with Gasteiger partial charge in [0.1, 0.15) is 5.75 Å². The Kier molecular flexibility index (Phi) is 4.47. The Morgan fingerprint density at radius 2 is 2.07 bits per heavy atom. The van der Waals surface area contributed by atoms with E-state index in [0.29, 0.717) is 19.1 Å². The molecule has 1 unspecified atom stereocenters. The lowest BCUT2D eigenvalue weighted by Gasteiger charge is -2.13. The van der Waals surface area contributed by atoms with Gasteiger partial charge in [0.25, 0.3) is 0 Å². The van der Waals surface area contributed by atoms with Gasteiger partial charge in [-0.25, -0.2) is 0 Å². The molecule has 1 aromatic rings. The average Bonchev–Trinajstić information content (AvgIpc) is 2.26. The zero-order chi connectivity index (χ0) is 10.4. The Morgan fingerprint density at radius 1 is 1.36 bits per heavy atom. The second-order valence-electron chi connectivity index (χ2n) is 3.61. The highest BCUT2D eigenvalue weighted by Gasteiger charge is 2.03. The minimum atomic E-state index is 0.417. The topological polar surface area (TPSA) is 35.2 Å². The van der Waals surface area contributed by atoms with Crippen molar-refractivity contribution in [2.45, 2.75) is 20.3 Å². The number of para-hydroxylation sites is 1. The molecule has 0 amide bonds. The van der Waals surface area contributed by atoms with Crippen molar-refractivity contribution in [1.29, 1.82) is 0 Å². The monoisotopic (exact) mass is 193 g/mol. The van der Waals surface area contributed by atoms with E-state index >= 15 is 0 Å². The van der Waals surface area contributed by atoms with Crippen molar-refractivity contribution in [3.05, 3.63) is 29.8 Å². The quantitative estimate of drug-likeness (QED) is 0.778. The lowest BCUT2D eigenvalue weighted by atomic mass is 10.1. The zero-order valence-electron chi connectivity index (χ0n) is 8.99. The van der Waals surface area contributed by atoms with Crippen molar-refractivity contribution < 1.29 is 4.74 Å². The van der Waals surface area contributed by atoms with E-state index in [1.54, 1.807) is 0 Å². The first-order chi connectivity index (χ1) is 6.77. The van der Waals surface area contributed by atoms with Crippen LogP contribution in [0.15, 0.2) is 24.3 Å². The maximum Gasteiger partial charge on any atom is 0.122 e. The van der Waals surface area contributed by atoms with Crippen molar-refractivity contribution in [3.63, 3.8) is 0 Å². The van der Waals surface area contributed by atoms with Gasteiger partial charge in [-0.3, -0.25) is 0 Å². The molecule has 0 saturated heterocycles. The van der Waals surface area contributed by atoms with Crippen LogP contribution < -0.4 is 10.5 Å². The molecule has 2 N–H and O–H groups in total. The van der Waals surface area contributed by atoms with Gasteiger partial charge >= 0.3 is 0 Å². The summed E-state index contributed by atoms with van der Waals surface area (Å²) < 4.78 is 5.70. The predicted molar refractivity (Wildman–Crippen MR) is 59.5 cm³/mol. The van der Waals surface area contributed by atoms with Crippen molar-refractivity contribution in [2.24, 2.45) is 11.7 Å². The van der Waals surface area contributed by atoms with Crippen LogP contribution in [0.2, 0.25) is 0 Å². The molecule has 0 heterocycles. The molecule has 0 aliphatic rings. The number of hydrogen-bond acceptors (Lipinski definition) is 2. The number of rotatable bonds is 5. The summed E-state index contributed by atoms with van der Waals surface area (Å²) >= 11 is 0. The molecular weight excluding hydrogens is 174 g/mol. The molecule has 14 heavy (non-hydrogen) atoms. The third kappa shape index (κ3) is 3.04. The fraction of sp³-hybridized carbons (Fsp3) is 0.500. The summed E-state index contributed by atoms with van der Waals surface area (Å²) in [5, 5.41) is 0. The fourth-order valence-corrected chi connectivity index (χ4v) is 1.24. The van der Waals surface area contributed by atoms with Crippen LogP contribution in [0.4, 0.5) is 0 Å². The second kappa shape index (κ2) is 5.66. The van der Waals surface area contributed by atoms with Gasteiger partial charge in [0.05, 0.1) is 6.61 Å². The highest BCUT2D eigenvalue weighted by atomic mass is 16.5. The highest BCUT2D eigenvalue weighted by Crippen LogP contribution is 2.18. The lowest BCUT2D eigenvalue weighted by Crippen LogP contribution is -2.18. The summed E-state index contributed by atoms with van der Waals surface area (Å²) in [6.45, 7) is 5.60. The molecule has 0 bridgehead atoms. The van der Waals surface area contributed by atoms with Crippen LogP contribution in [-0.4, -0.2) is 13.2 Å². The molecular formula is C12H19NO. The normalized spacial score (nSPS) is 12.5. The maximum atomic E-state index is 5.70. The van der Waals surface area contributed by atoms with Crippen LogP contribution in [0, 0.1) is 5.92 Å². The van der Waals surface area contributed by atoms with Crippen molar-refractivity contribution >= 4 is 0 Å². The number of hydrogen-bond donors (Lipinski definition) is 1. The van der Waals surface area contributed by atoms with Gasteiger partial charge in [-0.05, 0) is 24.6 Å². The molecule has 0 spiro atoms. The summed E-state index contributed by atoms with van der Waals surface area (Å²) in [5.41, 5.74) is 6.79. The smallest absolute Gasteiger partial charge is 0.122 e. The Balaban J connectivity index is 2.57. The van der Waals surface area contributed by atoms with Crippen molar-refractivity contribution in [2.75, 3.05) is 13.2 Å². The van der Waals surface area contributed by atoms with E-state index in [-0.39, 0.29) is 0 Å². The van der Waals surface area contributed by atoms with Gasteiger partial charge in [0.15, 0.2) is 0 Å². The van der Waals surface area contributed by atoms with Gasteiger partial charge in [-0.2, -0.15) is 0 Å². The van der Waals surface area contributed by atoms with E-state index < -0.39 is 0 Å². The summed E-state index contributed by atoms with van der Waals surface area (Å²) in [6, 6.07) is 8.16. The maximum absolute atomic E-state index is 5.70. The number of aryl methyl sites for hydroxylation is 1. The van der Waals surface area contributed by atoms with Gasteiger partial charge in [0, 0.05) is 5.92 Å². The summed E-state index contributed by atoms with van der Waals surface area (Å²) in [6.07, 6.45) is 1.01. The summed E-state index contributed by atoms with van der Waals surface area (Å²) in [4.78, 5) is 0. The molecule has 0 aliphatic heterocycles. The Morgan fingerprint density at radius 3 is 2.71 bits per heavy atom. The third-order valence-electron chi connectivity index (χ3n) is 2.28. The molecule has 1 rings (SSSR count). The van der Waals surface area contributed by atoms with Crippen LogP contribution >= 0.6 is 0 Å². The summed E-state index contributed by atoms with van der Waals surface area (Å²) in [5.74, 6) is 1.41. The van der Waals surface area contributed by atoms with Crippen LogP contribution in [0.1, 0.15) is 19.4 Å². The molecule has 0 radical (unpaired) electrons. The molecule has 2 heteroatoms. The molecule has 0 aromatic heterocycles. The van der Waals surface area contributed by atoms with E-state index in [1.165, 1.54) is 5.56 Å². The van der Waals surface area contributed by atoms with Crippen LogP contribution in [0.3, 0.4) is 0 Å². The molecule has 1 aromatic carbocycles. The van der Waals surface area contributed by atoms with Gasteiger partial charge in [0.2, 0.25) is 0 Å². The highest BCUT2D eigenvalue weighted by molar-refractivity contribution is 5.33. The van der Waals surface area contributed by atoms with Crippen LogP contribution in [0.25, 0.3) is 0 Å². The largest absolute Gasteiger partial charge is 0.493 e. The van der Waals surface area contributed by atoms with E-state index in [2.05, 4.69) is 19.9 Å². The van der Waals surface area contributed by atoms with Gasteiger partial charge < -0.3 is 10.5 Å². The first-order valence-electron chi connectivity index (χ1n) is 5.18. The number of nitrogens with two attached hydrogens (primary N) is 1. The molecule has 0 saturated carbocycles. The minimum absolute atomic E-state index is 0.417. The first-order valence-corrected chi connectivity index (χ1v) is 5.18. The lowest BCUT2D eigenvalue weighted by molar-refractivity contribution is 0.262. The Labute approximate surface area is 86.1 Å². The van der Waals surface area contributed by atoms with Gasteiger partial charge in [-0.15, -0.1) is 0 Å². The minimum Gasteiger partial charge on any atom is -0.493 e. The third-order valence-corrected chi connectivity index (χ3v) is 2.28. The van der Waals surface area contributed by atoms with Crippen LogP contribution in [-0.2, 0) is 6.42 Å². The van der Waals surface area contributed by atoms with E-state index in [0.717, 1.165) is 12.2 Å². The van der Waals surface area contributed by atoms with Crippen LogP contribution in [0.5, 0.6) is 5.75 Å². The molecule has 0 fully saturated rings. The Bertz CT molecular complexity index is 273. The molecule has 78 valence electrons. The first kappa shape index (κ1) is 11.1. The van der Waals surface area contributed by atoms with E-state index in [9.17, 15) is 0 Å². The van der Waals surface area contributed by atoms with E-state index in [4.69, 9.17) is 10.5 Å². The van der Waals surface area contributed by atoms with Gasteiger partial charge in [-0.1, -0.05) is 32.0 Å². The number of ether oxygens (including phenoxy) is 1. The van der Waals surface area contributed by atoms with Crippen molar-refractivity contribution in [3.8, 4) is 5.75 Å². The summed E-state index contributed by atoms with van der Waals surface area (Å²) in [7, 11) is 0. The second-order valence-corrected chi connectivity index (χ2v) is 3.61. The molecule has 0 aliphatic carbocycles. The van der Waals surface area contributed by atoms with E-state index in [1.807, 2.05) is 18.2 Å². The standard InChI is InChI=1S/C12H19NO/c1-3-11-6-4-5-7-12(11)14-9-10(2)8-13/h4-7,10H,3,8-9,13H2,1-2H3. The average molecular weight is 193 g/mol. The molecule has 1 atom stereocenters. The SMILES string of the molecule is CCc1ccccc1OCC(C)CN. The fourth-order valence-electron chi connectivity index (χ4n) is 1.24. The Hall–Kier alpha value is -1.02. The predicted octanol–water partition coefficient (Wildman–Crippen LogP) is 2.22. The number of benzene rings is 1. The zero-order valence-corrected chi connectivity index (χ0v) is 8.99.